The van der Waals surface area contributed by atoms with Crippen molar-refractivity contribution in [3.05, 3.63) is 78.4 Å². The highest BCUT2D eigenvalue weighted by Gasteiger charge is 2.47. The van der Waals surface area contributed by atoms with Gasteiger partial charge < -0.3 is 20.1 Å². The Kier molecular flexibility index (Phi) is 9.65. The van der Waals surface area contributed by atoms with Crippen molar-refractivity contribution >= 4 is 24.0 Å². The second kappa shape index (κ2) is 12.5. The fourth-order valence-electron chi connectivity index (χ4n) is 4.29. The molecule has 1 aliphatic carbocycles. The Morgan fingerprint density at radius 2 is 1.68 bits per heavy atom. The number of methoxy groups -OCH3 is 1. The quantitative estimate of drug-likeness (QED) is 0.371. The zero-order chi connectivity index (χ0) is 25.8. The van der Waals surface area contributed by atoms with Crippen molar-refractivity contribution in [1.29, 1.82) is 0 Å². The van der Waals surface area contributed by atoms with E-state index in [1.165, 1.54) is 12.3 Å². The Hall–Kier alpha value is -3.00. The van der Waals surface area contributed by atoms with E-state index in [0.717, 1.165) is 28.3 Å². The summed E-state index contributed by atoms with van der Waals surface area (Å²) in [5, 5.41) is 0. The molecule has 0 bridgehead atoms. The van der Waals surface area contributed by atoms with Crippen LogP contribution >= 0.6 is 12.4 Å². The number of halogens is 2. The summed E-state index contributed by atoms with van der Waals surface area (Å²) in [5.74, 6) is 0.222. The number of hydrogen-bond donors (Lipinski definition) is 1. The maximum absolute atomic E-state index is 13.6. The summed E-state index contributed by atoms with van der Waals surface area (Å²) in [6.07, 6.45) is 1.80. The van der Waals surface area contributed by atoms with Crippen LogP contribution in [0.5, 0.6) is 5.75 Å². The summed E-state index contributed by atoms with van der Waals surface area (Å²) in [5.41, 5.74) is 9.99. The molecule has 0 spiro atoms. The average molecular weight is 528 g/mol. The topological polar surface area (TPSA) is 77.7 Å². The van der Waals surface area contributed by atoms with E-state index in [4.69, 9.17) is 15.2 Å². The minimum absolute atomic E-state index is 0. The molecule has 1 saturated carbocycles. The molecular weight excluding hydrogens is 493 g/mol. The second-order valence-corrected chi connectivity index (χ2v) is 9.64. The molecule has 2 aromatic carbocycles. The van der Waals surface area contributed by atoms with Crippen molar-refractivity contribution in [2.45, 2.75) is 51.4 Å². The normalized spacial score (nSPS) is 18.0. The summed E-state index contributed by atoms with van der Waals surface area (Å²) < 4.78 is 24.4. The van der Waals surface area contributed by atoms with Gasteiger partial charge in [-0.05, 0) is 74.7 Å². The third kappa shape index (κ3) is 7.06. The minimum Gasteiger partial charge on any atom is -0.491 e. The molecule has 198 valence electrons. The monoisotopic (exact) mass is 527 g/mol. The molecule has 0 radical (unpaired) electrons. The van der Waals surface area contributed by atoms with Crippen LogP contribution in [0.25, 0.3) is 11.1 Å². The Balaban J connectivity index is 0.00000380. The van der Waals surface area contributed by atoms with Crippen molar-refractivity contribution < 1.29 is 18.7 Å². The minimum atomic E-state index is -0.384. The first-order valence-corrected chi connectivity index (χ1v) is 12.3. The van der Waals surface area contributed by atoms with Crippen LogP contribution in [0.15, 0.2) is 66.9 Å². The van der Waals surface area contributed by atoms with Crippen LogP contribution in [-0.2, 0) is 9.53 Å². The summed E-state index contributed by atoms with van der Waals surface area (Å²) in [6, 6.07) is 18.6. The van der Waals surface area contributed by atoms with Crippen LogP contribution in [-0.4, -0.2) is 42.8 Å². The van der Waals surface area contributed by atoms with Gasteiger partial charge in [-0.2, -0.15) is 0 Å². The molecule has 1 fully saturated rings. The molecule has 0 aliphatic heterocycles. The van der Waals surface area contributed by atoms with Crippen LogP contribution in [0.1, 0.15) is 38.8 Å². The summed E-state index contributed by atoms with van der Waals surface area (Å²) in [4.78, 5) is 19.5. The van der Waals surface area contributed by atoms with Crippen LogP contribution < -0.4 is 15.4 Å². The molecule has 1 aliphatic rings. The largest absolute Gasteiger partial charge is 0.491 e. The van der Waals surface area contributed by atoms with E-state index in [-0.39, 0.29) is 54.2 Å². The molecule has 6 nitrogen and oxygen atoms in total. The average Bonchev–Trinajstić information content (AvgIpc) is 3.68. The zero-order valence-corrected chi connectivity index (χ0v) is 22.5. The molecular formula is C29H35ClFN3O3. The first-order valence-electron chi connectivity index (χ1n) is 12.3. The van der Waals surface area contributed by atoms with Crippen molar-refractivity contribution in [1.82, 2.24) is 4.98 Å². The first-order chi connectivity index (χ1) is 17.3. The molecule has 1 amide bonds. The summed E-state index contributed by atoms with van der Waals surface area (Å²) in [7, 11) is 1.61. The van der Waals surface area contributed by atoms with E-state index < -0.39 is 0 Å². The van der Waals surface area contributed by atoms with E-state index >= 15 is 0 Å². The van der Waals surface area contributed by atoms with Crippen LogP contribution in [0.3, 0.4) is 0 Å². The molecule has 4 rings (SSSR count). The predicted octanol–water partition coefficient (Wildman–Crippen LogP) is 5.60. The number of hydrogen-bond acceptors (Lipinski definition) is 5. The van der Waals surface area contributed by atoms with E-state index in [1.807, 2.05) is 69.3 Å². The van der Waals surface area contributed by atoms with E-state index in [1.54, 1.807) is 18.1 Å². The highest BCUT2D eigenvalue weighted by Crippen LogP contribution is 2.48. The number of nitrogens with zero attached hydrogens (tertiary/aromatic N) is 2. The number of carbonyl (C=O) groups is 1. The van der Waals surface area contributed by atoms with Gasteiger partial charge in [0, 0.05) is 42.9 Å². The number of rotatable bonds is 10. The summed E-state index contributed by atoms with van der Waals surface area (Å²) >= 11 is 0. The number of amides is 1. The number of pyridine rings is 1. The zero-order valence-electron chi connectivity index (χ0n) is 21.6. The van der Waals surface area contributed by atoms with Crippen molar-refractivity contribution in [2.75, 3.05) is 18.6 Å². The molecule has 2 N–H and O–H groups in total. The second-order valence-electron chi connectivity index (χ2n) is 9.64. The highest BCUT2D eigenvalue weighted by molar-refractivity contribution is 5.97. The van der Waals surface area contributed by atoms with Gasteiger partial charge in [-0.1, -0.05) is 24.3 Å². The summed E-state index contributed by atoms with van der Waals surface area (Å²) in [6.45, 7) is 6.22. The van der Waals surface area contributed by atoms with Gasteiger partial charge in [0.05, 0.1) is 18.4 Å². The van der Waals surface area contributed by atoms with Gasteiger partial charge in [0.2, 0.25) is 5.91 Å². The number of anilines is 1. The first kappa shape index (κ1) is 28.6. The van der Waals surface area contributed by atoms with Gasteiger partial charge in [-0.15, -0.1) is 12.4 Å². The maximum atomic E-state index is 13.6. The van der Waals surface area contributed by atoms with Crippen LogP contribution in [0.4, 0.5) is 10.1 Å². The molecule has 8 heteroatoms. The lowest BCUT2D eigenvalue weighted by atomic mass is 10.0. The number of aromatic nitrogens is 1. The lowest BCUT2D eigenvalue weighted by molar-refractivity contribution is -0.120. The number of carbonyl (C=O) groups excluding carboxylic acids is 1. The van der Waals surface area contributed by atoms with Gasteiger partial charge in [0.1, 0.15) is 11.6 Å². The predicted molar refractivity (Wildman–Crippen MR) is 147 cm³/mol. The standard InChI is InChI=1S/C29H34FN3O3.ClH/c1-18(2)36-24-12-7-21(8-13-24)20-5-10-23(11-6-20)33(17-27(31)19(3)35-4)29(34)26-15-25(26)28-14-9-22(30)16-32-28;/h5-14,16,18-19,25-27H,15,17,31H2,1-4H3;1H/t19-,25+,26+,27-;/m1./s1. The van der Waals surface area contributed by atoms with E-state index in [0.29, 0.717) is 13.0 Å². The Morgan fingerprint density at radius 3 is 2.22 bits per heavy atom. The van der Waals surface area contributed by atoms with Gasteiger partial charge in [-0.3, -0.25) is 9.78 Å². The fourth-order valence-corrected chi connectivity index (χ4v) is 4.29. The number of benzene rings is 2. The lowest BCUT2D eigenvalue weighted by Crippen LogP contribution is -2.47. The van der Waals surface area contributed by atoms with Crippen molar-refractivity contribution in [3.63, 3.8) is 0 Å². The third-order valence-electron chi connectivity index (χ3n) is 6.61. The fraction of sp³-hybridized carbons (Fsp3) is 0.379. The highest BCUT2D eigenvalue weighted by atomic mass is 35.5. The van der Waals surface area contributed by atoms with Gasteiger partial charge in [-0.25, -0.2) is 4.39 Å². The van der Waals surface area contributed by atoms with Crippen LogP contribution in [0.2, 0.25) is 0 Å². The van der Waals surface area contributed by atoms with Gasteiger partial charge in [0.25, 0.3) is 0 Å². The molecule has 1 aromatic heterocycles. The van der Waals surface area contributed by atoms with Crippen molar-refractivity contribution in [2.24, 2.45) is 11.7 Å². The van der Waals surface area contributed by atoms with Gasteiger partial charge in [0.15, 0.2) is 0 Å². The Labute approximate surface area is 224 Å². The maximum Gasteiger partial charge on any atom is 0.230 e. The smallest absolute Gasteiger partial charge is 0.230 e. The Bertz CT molecular complexity index is 1160. The molecule has 0 unspecified atom stereocenters. The molecule has 0 saturated heterocycles. The van der Waals surface area contributed by atoms with Crippen LogP contribution in [0, 0.1) is 11.7 Å². The van der Waals surface area contributed by atoms with Gasteiger partial charge >= 0.3 is 0 Å². The third-order valence-corrected chi connectivity index (χ3v) is 6.61. The number of nitrogens with two attached hydrogens (primary N) is 1. The van der Waals surface area contributed by atoms with Crippen molar-refractivity contribution in [3.8, 4) is 16.9 Å². The van der Waals surface area contributed by atoms with E-state index in [9.17, 15) is 9.18 Å². The molecule has 3 aromatic rings. The lowest BCUT2D eigenvalue weighted by Gasteiger charge is -2.29. The molecule has 37 heavy (non-hydrogen) atoms. The molecule has 1 heterocycles. The SMILES string of the molecule is CO[C@H](C)[C@H](N)CN(C(=O)[C@H]1C[C@@H]1c1ccc(F)cn1)c1ccc(-c2ccc(OC(C)C)cc2)cc1.Cl. The Morgan fingerprint density at radius 1 is 1.05 bits per heavy atom. The molecule has 4 atom stereocenters. The van der Waals surface area contributed by atoms with E-state index in [2.05, 4.69) is 4.98 Å². The number of ether oxygens (including phenoxy) is 2.